The molecule has 0 aliphatic carbocycles. The van der Waals surface area contributed by atoms with E-state index in [2.05, 4.69) is 34.6 Å². The van der Waals surface area contributed by atoms with E-state index in [9.17, 15) is 4.79 Å². The first kappa shape index (κ1) is 13.1. The average Bonchev–Trinajstić information content (AvgIpc) is 2.59. The molecule has 1 heterocycles. The number of carbonyl (C=O) groups is 1. The maximum Gasteiger partial charge on any atom is 0.237 e. The maximum absolute atomic E-state index is 11.5. The normalized spacial score (nSPS) is 17.7. The molecule has 4 nitrogen and oxygen atoms in total. The van der Waals surface area contributed by atoms with Crippen LogP contribution < -0.4 is 11.3 Å². The summed E-state index contributed by atoms with van der Waals surface area (Å²) in [5, 5.41) is 0. The fourth-order valence-electron chi connectivity index (χ4n) is 2.54. The molecule has 0 aromatic heterocycles. The van der Waals surface area contributed by atoms with Crippen LogP contribution in [0.3, 0.4) is 0 Å². The Morgan fingerprint density at radius 1 is 1.44 bits per heavy atom. The summed E-state index contributed by atoms with van der Waals surface area (Å²) in [5.74, 6) is 5.01. The van der Waals surface area contributed by atoms with E-state index >= 15 is 0 Å². The Morgan fingerprint density at radius 3 is 2.89 bits per heavy atom. The van der Waals surface area contributed by atoms with E-state index in [1.165, 1.54) is 11.1 Å². The van der Waals surface area contributed by atoms with Gasteiger partial charge in [-0.25, -0.2) is 5.84 Å². The van der Waals surface area contributed by atoms with Crippen LogP contribution in [-0.2, 0) is 17.8 Å². The summed E-state index contributed by atoms with van der Waals surface area (Å²) in [6.07, 6.45) is 2.28. The molecule has 1 unspecified atom stereocenters. The van der Waals surface area contributed by atoms with Gasteiger partial charge in [-0.2, -0.15) is 0 Å². The van der Waals surface area contributed by atoms with Crippen molar-refractivity contribution in [1.29, 1.82) is 0 Å². The van der Waals surface area contributed by atoms with Crippen LogP contribution in [0.15, 0.2) is 24.3 Å². The molecule has 0 radical (unpaired) electrons. The highest BCUT2D eigenvalue weighted by atomic mass is 16.2. The molecule has 1 atom stereocenters. The number of nitrogens with zero attached hydrogens (tertiary/aromatic N) is 1. The molecule has 0 bridgehead atoms. The van der Waals surface area contributed by atoms with Crippen LogP contribution >= 0.6 is 0 Å². The Hall–Kier alpha value is -1.39. The monoisotopic (exact) mass is 247 g/mol. The van der Waals surface area contributed by atoms with Gasteiger partial charge in [0.1, 0.15) is 0 Å². The van der Waals surface area contributed by atoms with Crippen LogP contribution in [0.1, 0.15) is 24.5 Å². The molecule has 2 rings (SSSR count). The van der Waals surface area contributed by atoms with Gasteiger partial charge in [0.05, 0.1) is 0 Å². The fraction of sp³-hybridized carbons (Fsp3) is 0.500. The SMILES string of the molecule is CC(CN1CCCc2ccccc2C1)C(=O)NN. The van der Waals surface area contributed by atoms with Gasteiger partial charge < -0.3 is 0 Å². The first-order valence-corrected chi connectivity index (χ1v) is 6.50. The summed E-state index contributed by atoms with van der Waals surface area (Å²) < 4.78 is 0. The van der Waals surface area contributed by atoms with Crippen molar-refractivity contribution < 1.29 is 4.79 Å². The third-order valence-electron chi connectivity index (χ3n) is 3.55. The zero-order valence-corrected chi connectivity index (χ0v) is 10.9. The number of hydrogen-bond donors (Lipinski definition) is 2. The summed E-state index contributed by atoms with van der Waals surface area (Å²) in [5.41, 5.74) is 5.05. The molecular formula is C14H21N3O. The van der Waals surface area contributed by atoms with Crippen molar-refractivity contribution in [2.24, 2.45) is 11.8 Å². The Labute approximate surface area is 108 Å². The van der Waals surface area contributed by atoms with Gasteiger partial charge in [-0.3, -0.25) is 15.1 Å². The van der Waals surface area contributed by atoms with Crippen LogP contribution in [0.4, 0.5) is 0 Å². The van der Waals surface area contributed by atoms with Gasteiger partial charge >= 0.3 is 0 Å². The van der Waals surface area contributed by atoms with E-state index in [4.69, 9.17) is 5.84 Å². The second-order valence-electron chi connectivity index (χ2n) is 5.02. The molecule has 0 fully saturated rings. The number of benzene rings is 1. The van der Waals surface area contributed by atoms with E-state index < -0.39 is 0 Å². The molecule has 1 aliphatic rings. The fourth-order valence-corrected chi connectivity index (χ4v) is 2.54. The van der Waals surface area contributed by atoms with E-state index in [-0.39, 0.29) is 11.8 Å². The molecule has 0 saturated heterocycles. The highest BCUT2D eigenvalue weighted by Gasteiger charge is 2.19. The van der Waals surface area contributed by atoms with Crippen LogP contribution in [0, 0.1) is 5.92 Å². The highest BCUT2D eigenvalue weighted by molar-refractivity contribution is 5.77. The van der Waals surface area contributed by atoms with Crippen LogP contribution in [0.25, 0.3) is 0 Å². The van der Waals surface area contributed by atoms with Crippen molar-refractivity contribution in [3.63, 3.8) is 0 Å². The molecule has 98 valence electrons. The van der Waals surface area contributed by atoms with Gasteiger partial charge in [0, 0.05) is 19.0 Å². The lowest BCUT2D eigenvalue weighted by Crippen LogP contribution is -2.40. The lowest BCUT2D eigenvalue weighted by Gasteiger charge is -2.23. The molecule has 0 spiro atoms. The van der Waals surface area contributed by atoms with Gasteiger partial charge in [-0.15, -0.1) is 0 Å². The lowest BCUT2D eigenvalue weighted by molar-refractivity contribution is -0.125. The van der Waals surface area contributed by atoms with Crippen LogP contribution in [-0.4, -0.2) is 23.9 Å². The third-order valence-corrected chi connectivity index (χ3v) is 3.55. The van der Waals surface area contributed by atoms with Gasteiger partial charge in [0.2, 0.25) is 5.91 Å². The number of hydrazine groups is 1. The minimum absolute atomic E-state index is 0.0692. The second kappa shape index (κ2) is 5.98. The Balaban J connectivity index is 2.02. The molecule has 1 aromatic carbocycles. The summed E-state index contributed by atoms with van der Waals surface area (Å²) in [4.78, 5) is 13.8. The number of aryl methyl sites for hydroxylation is 1. The maximum atomic E-state index is 11.5. The molecular weight excluding hydrogens is 226 g/mol. The number of hydrogen-bond acceptors (Lipinski definition) is 3. The summed E-state index contributed by atoms with van der Waals surface area (Å²) in [6, 6.07) is 8.56. The zero-order chi connectivity index (χ0) is 13.0. The van der Waals surface area contributed by atoms with Crippen molar-refractivity contribution >= 4 is 5.91 Å². The van der Waals surface area contributed by atoms with Crippen molar-refractivity contribution in [1.82, 2.24) is 10.3 Å². The van der Waals surface area contributed by atoms with Gasteiger partial charge in [-0.05, 0) is 30.5 Å². The summed E-state index contributed by atoms with van der Waals surface area (Å²) >= 11 is 0. The molecule has 3 N–H and O–H groups in total. The van der Waals surface area contributed by atoms with Gasteiger partial charge in [-0.1, -0.05) is 31.2 Å². The third kappa shape index (κ3) is 3.09. The first-order valence-electron chi connectivity index (χ1n) is 6.50. The highest BCUT2D eigenvalue weighted by Crippen LogP contribution is 2.19. The van der Waals surface area contributed by atoms with Gasteiger partial charge in [0.25, 0.3) is 0 Å². The molecule has 1 amide bonds. The number of carbonyl (C=O) groups excluding carboxylic acids is 1. The predicted molar refractivity (Wildman–Crippen MR) is 71.5 cm³/mol. The quantitative estimate of drug-likeness (QED) is 0.477. The van der Waals surface area contributed by atoms with E-state index in [0.717, 1.165) is 32.5 Å². The second-order valence-corrected chi connectivity index (χ2v) is 5.02. The number of nitrogens with one attached hydrogen (secondary N) is 1. The molecule has 0 saturated carbocycles. The molecule has 1 aromatic rings. The van der Waals surface area contributed by atoms with Crippen molar-refractivity contribution in [2.75, 3.05) is 13.1 Å². The minimum atomic E-state index is -0.0902. The topological polar surface area (TPSA) is 58.4 Å². The van der Waals surface area contributed by atoms with Crippen molar-refractivity contribution in [3.8, 4) is 0 Å². The lowest BCUT2D eigenvalue weighted by atomic mass is 10.0. The van der Waals surface area contributed by atoms with Crippen LogP contribution in [0.2, 0.25) is 0 Å². The number of nitrogens with two attached hydrogens (primary N) is 1. The largest absolute Gasteiger partial charge is 0.298 e. The Kier molecular flexibility index (Phi) is 4.33. The molecule has 4 heteroatoms. The Bertz CT molecular complexity index is 419. The molecule has 18 heavy (non-hydrogen) atoms. The zero-order valence-electron chi connectivity index (χ0n) is 10.9. The number of rotatable bonds is 3. The van der Waals surface area contributed by atoms with E-state index in [1.807, 2.05) is 6.92 Å². The average molecular weight is 247 g/mol. The van der Waals surface area contributed by atoms with Crippen molar-refractivity contribution in [2.45, 2.75) is 26.3 Å². The molecule has 1 aliphatic heterocycles. The van der Waals surface area contributed by atoms with E-state index in [0.29, 0.717) is 0 Å². The number of amides is 1. The first-order chi connectivity index (χ1) is 8.70. The van der Waals surface area contributed by atoms with E-state index in [1.54, 1.807) is 0 Å². The predicted octanol–water partition coefficient (Wildman–Crippen LogP) is 1.06. The number of fused-ring (bicyclic) bond motifs is 1. The standard InChI is InChI=1S/C14H21N3O/c1-11(14(18)16-15)9-17-8-4-7-12-5-2-3-6-13(12)10-17/h2-3,5-6,11H,4,7-10,15H2,1H3,(H,16,18). The van der Waals surface area contributed by atoms with Crippen LogP contribution in [0.5, 0.6) is 0 Å². The Morgan fingerprint density at radius 2 is 2.17 bits per heavy atom. The van der Waals surface area contributed by atoms with Crippen molar-refractivity contribution in [3.05, 3.63) is 35.4 Å². The summed E-state index contributed by atoms with van der Waals surface area (Å²) in [6.45, 7) is 4.64. The smallest absolute Gasteiger partial charge is 0.237 e. The van der Waals surface area contributed by atoms with Gasteiger partial charge in [0.15, 0.2) is 0 Å². The summed E-state index contributed by atoms with van der Waals surface area (Å²) in [7, 11) is 0. The minimum Gasteiger partial charge on any atom is -0.298 e.